The average molecular weight is 233 g/mol. The van der Waals surface area contributed by atoms with Crippen molar-refractivity contribution in [1.29, 1.82) is 0 Å². The summed E-state index contributed by atoms with van der Waals surface area (Å²) in [6, 6.07) is 0.317. The van der Waals surface area contributed by atoms with E-state index in [0.29, 0.717) is 12.6 Å². The number of rotatable bonds is 7. The minimum atomic E-state index is -0.138. The second-order valence-corrected chi connectivity index (χ2v) is 5.33. The van der Waals surface area contributed by atoms with Gasteiger partial charge in [0.25, 0.3) is 0 Å². The maximum absolute atomic E-state index is 9.71. The number of aliphatic hydroxyl groups is 2. The first-order valence-corrected chi connectivity index (χ1v) is 7.10. The number of hydrogen-bond acceptors (Lipinski definition) is 4. The van der Waals surface area contributed by atoms with Gasteiger partial charge in [-0.1, -0.05) is 12.8 Å². The lowest BCUT2D eigenvalue weighted by atomic mass is 9.93. The van der Waals surface area contributed by atoms with E-state index in [0.717, 1.165) is 37.3 Å². The van der Waals surface area contributed by atoms with Gasteiger partial charge in [0, 0.05) is 24.9 Å². The monoisotopic (exact) mass is 233 g/mol. The summed E-state index contributed by atoms with van der Waals surface area (Å²) in [6.45, 7) is 1.26. The smallest absolute Gasteiger partial charge is 0.0693 e. The molecule has 1 aliphatic rings. The lowest BCUT2D eigenvalue weighted by molar-refractivity contribution is 0.0921. The molecule has 1 aliphatic carbocycles. The molecule has 4 heteroatoms. The van der Waals surface area contributed by atoms with Crippen LogP contribution in [0.4, 0.5) is 0 Å². The van der Waals surface area contributed by atoms with E-state index in [9.17, 15) is 5.11 Å². The lowest BCUT2D eigenvalue weighted by Gasteiger charge is -2.28. The van der Waals surface area contributed by atoms with Crippen LogP contribution >= 0.6 is 11.8 Å². The topological polar surface area (TPSA) is 52.5 Å². The molecule has 0 unspecified atom stereocenters. The Morgan fingerprint density at radius 3 is 2.73 bits per heavy atom. The molecule has 1 saturated carbocycles. The van der Waals surface area contributed by atoms with Gasteiger partial charge in [-0.2, -0.15) is 11.8 Å². The fourth-order valence-electron chi connectivity index (χ4n) is 1.93. The Morgan fingerprint density at radius 2 is 2.00 bits per heavy atom. The molecule has 0 spiro atoms. The van der Waals surface area contributed by atoms with Gasteiger partial charge in [0.05, 0.1) is 6.10 Å². The Morgan fingerprint density at radius 1 is 1.20 bits per heavy atom. The summed E-state index contributed by atoms with van der Waals surface area (Å²) in [5.41, 5.74) is 0. The molecular formula is C11H23NO2S. The van der Waals surface area contributed by atoms with E-state index in [1.54, 1.807) is 0 Å². The summed E-state index contributed by atoms with van der Waals surface area (Å²) >= 11 is 1.86. The van der Waals surface area contributed by atoms with Gasteiger partial charge in [-0.15, -0.1) is 0 Å². The summed E-state index contributed by atoms with van der Waals surface area (Å²) in [5, 5.41) is 21.7. The number of thioether (sulfide) groups is 1. The first-order valence-electron chi connectivity index (χ1n) is 5.94. The average Bonchev–Trinajstić information content (AvgIpc) is 2.25. The largest absolute Gasteiger partial charge is 0.396 e. The van der Waals surface area contributed by atoms with Gasteiger partial charge in [-0.3, -0.25) is 0 Å². The van der Waals surface area contributed by atoms with Crippen molar-refractivity contribution in [2.45, 2.75) is 44.2 Å². The molecule has 0 saturated heterocycles. The van der Waals surface area contributed by atoms with E-state index in [-0.39, 0.29) is 6.10 Å². The van der Waals surface area contributed by atoms with Crippen LogP contribution < -0.4 is 5.32 Å². The Balaban J connectivity index is 1.94. The maximum atomic E-state index is 9.71. The molecule has 15 heavy (non-hydrogen) atoms. The predicted octanol–water partition coefficient (Wildman–Crippen LogP) is 0.995. The Bertz CT molecular complexity index is 158. The van der Waals surface area contributed by atoms with Crippen molar-refractivity contribution in [3.8, 4) is 0 Å². The van der Waals surface area contributed by atoms with Gasteiger partial charge in [-0.05, 0) is 25.0 Å². The zero-order valence-corrected chi connectivity index (χ0v) is 10.1. The van der Waals surface area contributed by atoms with Crippen molar-refractivity contribution in [2.24, 2.45) is 0 Å². The van der Waals surface area contributed by atoms with Gasteiger partial charge in [-0.25, -0.2) is 0 Å². The van der Waals surface area contributed by atoms with E-state index >= 15 is 0 Å². The molecule has 0 amide bonds. The van der Waals surface area contributed by atoms with Crippen LogP contribution in [0.3, 0.4) is 0 Å². The predicted molar refractivity (Wildman–Crippen MR) is 65.3 cm³/mol. The molecule has 90 valence electrons. The third kappa shape index (κ3) is 5.76. The SMILES string of the molecule is OCCCSCCN[C@H]1CCCC[C@@H]1O. The number of nitrogens with one attached hydrogen (secondary N) is 1. The Kier molecular flexibility index (Phi) is 7.44. The molecule has 1 rings (SSSR count). The molecule has 0 aromatic carbocycles. The zero-order valence-electron chi connectivity index (χ0n) is 9.32. The van der Waals surface area contributed by atoms with Crippen LogP contribution in [0.5, 0.6) is 0 Å². The molecule has 0 aromatic rings. The Labute approximate surface area is 96.6 Å². The maximum Gasteiger partial charge on any atom is 0.0693 e. The van der Waals surface area contributed by atoms with Crippen molar-refractivity contribution in [3.63, 3.8) is 0 Å². The molecule has 2 atom stereocenters. The van der Waals surface area contributed by atoms with Crippen molar-refractivity contribution in [3.05, 3.63) is 0 Å². The molecule has 1 fully saturated rings. The summed E-state index contributed by atoms with van der Waals surface area (Å²) < 4.78 is 0. The molecule has 0 aromatic heterocycles. The van der Waals surface area contributed by atoms with E-state index in [2.05, 4.69) is 5.32 Å². The molecular weight excluding hydrogens is 210 g/mol. The van der Waals surface area contributed by atoms with Crippen LogP contribution in [0.25, 0.3) is 0 Å². The van der Waals surface area contributed by atoms with Gasteiger partial charge in [0.1, 0.15) is 0 Å². The quantitative estimate of drug-likeness (QED) is 0.574. The highest BCUT2D eigenvalue weighted by molar-refractivity contribution is 7.99. The second kappa shape index (κ2) is 8.39. The van der Waals surface area contributed by atoms with E-state index in [1.807, 2.05) is 11.8 Å². The standard InChI is InChI=1S/C11H23NO2S/c13-7-3-8-15-9-6-12-10-4-1-2-5-11(10)14/h10-14H,1-9H2/t10-,11-/m0/s1. The van der Waals surface area contributed by atoms with Gasteiger partial charge >= 0.3 is 0 Å². The van der Waals surface area contributed by atoms with Crippen molar-refractivity contribution >= 4 is 11.8 Å². The summed E-state index contributed by atoms with van der Waals surface area (Å²) in [5.74, 6) is 2.11. The van der Waals surface area contributed by atoms with Crippen LogP contribution in [0.1, 0.15) is 32.1 Å². The molecule has 3 nitrogen and oxygen atoms in total. The van der Waals surface area contributed by atoms with Gasteiger partial charge in [0.15, 0.2) is 0 Å². The molecule has 0 heterocycles. The zero-order chi connectivity index (χ0) is 10.9. The van der Waals surface area contributed by atoms with Crippen LogP contribution in [-0.4, -0.2) is 47.0 Å². The summed E-state index contributed by atoms with van der Waals surface area (Å²) in [7, 11) is 0. The summed E-state index contributed by atoms with van der Waals surface area (Å²) in [4.78, 5) is 0. The molecule has 0 bridgehead atoms. The van der Waals surface area contributed by atoms with E-state index < -0.39 is 0 Å². The second-order valence-electron chi connectivity index (χ2n) is 4.10. The van der Waals surface area contributed by atoms with Crippen molar-refractivity contribution in [1.82, 2.24) is 5.32 Å². The van der Waals surface area contributed by atoms with Crippen molar-refractivity contribution < 1.29 is 10.2 Å². The van der Waals surface area contributed by atoms with E-state index in [1.165, 1.54) is 12.8 Å². The third-order valence-electron chi connectivity index (χ3n) is 2.83. The molecule has 3 N–H and O–H groups in total. The van der Waals surface area contributed by atoms with E-state index in [4.69, 9.17) is 5.11 Å². The van der Waals surface area contributed by atoms with Gasteiger partial charge < -0.3 is 15.5 Å². The fourth-order valence-corrected chi connectivity index (χ4v) is 2.73. The normalized spacial score (nSPS) is 26.8. The first kappa shape index (κ1) is 13.3. The highest BCUT2D eigenvalue weighted by atomic mass is 32.2. The third-order valence-corrected chi connectivity index (χ3v) is 3.90. The number of aliphatic hydroxyl groups excluding tert-OH is 2. The van der Waals surface area contributed by atoms with Gasteiger partial charge in [0.2, 0.25) is 0 Å². The van der Waals surface area contributed by atoms with Crippen LogP contribution in [0.15, 0.2) is 0 Å². The minimum Gasteiger partial charge on any atom is -0.396 e. The van der Waals surface area contributed by atoms with Crippen LogP contribution in [0, 0.1) is 0 Å². The Hall–Kier alpha value is 0.230. The number of hydrogen-bond donors (Lipinski definition) is 3. The highest BCUT2D eigenvalue weighted by Gasteiger charge is 2.21. The van der Waals surface area contributed by atoms with Crippen LogP contribution in [-0.2, 0) is 0 Å². The first-order chi connectivity index (χ1) is 7.34. The van der Waals surface area contributed by atoms with Crippen LogP contribution in [0.2, 0.25) is 0 Å². The highest BCUT2D eigenvalue weighted by Crippen LogP contribution is 2.18. The van der Waals surface area contributed by atoms with Crippen molar-refractivity contribution in [2.75, 3.05) is 24.7 Å². The minimum absolute atomic E-state index is 0.138. The summed E-state index contributed by atoms with van der Waals surface area (Å²) in [6.07, 6.45) is 5.23. The molecule has 0 aliphatic heterocycles. The fraction of sp³-hybridized carbons (Fsp3) is 1.00. The lowest BCUT2D eigenvalue weighted by Crippen LogP contribution is -2.42. The molecule has 0 radical (unpaired) electrons.